The van der Waals surface area contributed by atoms with Gasteiger partial charge in [-0.3, -0.25) is 4.79 Å². The molecule has 150 valence electrons. The summed E-state index contributed by atoms with van der Waals surface area (Å²) >= 11 is 0. The first kappa shape index (κ1) is 19.7. The van der Waals surface area contributed by atoms with Crippen LogP contribution in [0.3, 0.4) is 0 Å². The molecule has 1 aromatic heterocycles. The van der Waals surface area contributed by atoms with Gasteiger partial charge in [-0.05, 0) is 37.8 Å². The predicted octanol–water partition coefficient (Wildman–Crippen LogP) is 0.607. The molecule has 27 heavy (non-hydrogen) atoms. The van der Waals surface area contributed by atoms with Crippen molar-refractivity contribution in [2.45, 2.75) is 37.8 Å². The van der Waals surface area contributed by atoms with Crippen molar-refractivity contribution < 1.29 is 22.4 Å². The second kappa shape index (κ2) is 8.30. The zero-order chi connectivity index (χ0) is 19.4. The van der Waals surface area contributed by atoms with E-state index in [1.807, 2.05) is 0 Å². The first-order valence-electron chi connectivity index (χ1n) is 9.18. The third kappa shape index (κ3) is 5.23. The van der Waals surface area contributed by atoms with Crippen molar-refractivity contribution in [3.05, 3.63) is 24.2 Å². The Hall–Kier alpha value is -2.07. The van der Waals surface area contributed by atoms with Crippen LogP contribution in [0.25, 0.3) is 0 Å². The van der Waals surface area contributed by atoms with Crippen LogP contribution in [0.1, 0.15) is 36.2 Å². The molecular formula is C17H26N4O5S. The van der Waals surface area contributed by atoms with Crippen molar-refractivity contribution in [3.63, 3.8) is 0 Å². The van der Waals surface area contributed by atoms with E-state index in [2.05, 4.69) is 10.6 Å². The van der Waals surface area contributed by atoms with Gasteiger partial charge in [-0.15, -0.1) is 0 Å². The highest BCUT2D eigenvalue weighted by molar-refractivity contribution is 7.88. The lowest BCUT2D eigenvalue weighted by Gasteiger charge is -2.34. The van der Waals surface area contributed by atoms with E-state index in [1.165, 1.54) is 16.8 Å². The van der Waals surface area contributed by atoms with Gasteiger partial charge in [0, 0.05) is 38.3 Å². The largest absolute Gasteiger partial charge is 0.459 e. The molecule has 2 fully saturated rings. The van der Waals surface area contributed by atoms with Gasteiger partial charge in [0.25, 0.3) is 5.91 Å². The Morgan fingerprint density at radius 2 is 1.81 bits per heavy atom. The molecule has 1 unspecified atom stereocenters. The lowest BCUT2D eigenvalue weighted by Crippen LogP contribution is -2.54. The van der Waals surface area contributed by atoms with E-state index in [9.17, 15) is 18.0 Å². The SMILES string of the molecule is CS(=O)(=O)N1CCCC(NC(=O)NC2CCN(C(=O)c3ccco3)CC2)C1. The van der Waals surface area contributed by atoms with Crippen LogP contribution >= 0.6 is 0 Å². The van der Waals surface area contributed by atoms with Crippen LogP contribution in [-0.4, -0.2) is 74.1 Å². The standard InChI is InChI=1S/C17H26N4O5S/c1-27(24,25)21-8-2-4-14(12-21)19-17(23)18-13-6-9-20(10-7-13)16(22)15-5-3-11-26-15/h3,5,11,13-14H,2,4,6-10,12H2,1H3,(H2,18,19,23). The number of amides is 3. The number of furan rings is 1. The van der Waals surface area contributed by atoms with E-state index in [0.29, 0.717) is 44.8 Å². The molecule has 0 bridgehead atoms. The summed E-state index contributed by atoms with van der Waals surface area (Å²) in [4.78, 5) is 26.2. The summed E-state index contributed by atoms with van der Waals surface area (Å²) in [6.07, 6.45) is 5.48. The first-order valence-corrected chi connectivity index (χ1v) is 11.0. The predicted molar refractivity (Wildman–Crippen MR) is 98.7 cm³/mol. The normalized spacial score (nSPS) is 22.4. The Morgan fingerprint density at radius 1 is 1.11 bits per heavy atom. The summed E-state index contributed by atoms with van der Waals surface area (Å²) in [6, 6.07) is 2.84. The number of hydrogen-bond donors (Lipinski definition) is 2. The van der Waals surface area contributed by atoms with Crippen LogP contribution in [0.5, 0.6) is 0 Å². The van der Waals surface area contributed by atoms with Crippen LogP contribution < -0.4 is 10.6 Å². The highest BCUT2D eigenvalue weighted by Gasteiger charge is 2.29. The first-order chi connectivity index (χ1) is 12.8. The molecule has 3 amide bonds. The number of rotatable bonds is 4. The van der Waals surface area contributed by atoms with Crippen molar-refractivity contribution in [1.29, 1.82) is 0 Å². The third-order valence-corrected chi connectivity index (χ3v) is 6.31. The molecule has 3 heterocycles. The molecule has 9 nitrogen and oxygen atoms in total. The molecule has 10 heteroatoms. The van der Waals surface area contributed by atoms with Gasteiger partial charge in [0.05, 0.1) is 12.5 Å². The molecule has 3 rings (SSSR count). The number of nitrogens with zero attached hydrogens (tertiary/aromatic N) is 2. The number of nitrogens with one attached hydrogen (secondary N) is 2. The minimum atomic E-state index is -3.24. The number of sulfonamides is 1. The van der Waals surface area contributed by atoms with Crippen molar-refractivity contribution in [1.82, 2.24) is 19.8 Å². The van der Waals surface area contributed by atoms with E-state index in [4.69, 9.17) is 4.42 Å². The molecule has 2 saturated heterocycles. The van der Waals surface area contributed by atoms with E-state index >= 15 is 0 Å². The van der Waals surface area contributed by atoms with Gasteiger partial charge in [0.15, 0.2) is 5.76 Å². The van der Waals surface area contributed by atoms with Gasteiger partial charge in [0.1, 0.15) is 0 Å². The zero-order valence-electron chi connectivity index (χ0n) is 15.4. The van der Waals surface area contributed by atoms with E-state index in [-0.39, 0.29) is 24.0 Å². The Labute approximate surface area is 159 Å². The fourth-order valence-corrected chi connectivity index (χ4v) is 4.47. The lowest BCUT2D eigenvalue weighted by molar-refractivity contribution is 0.0676. The number of carbonyl (C=O) groups is 2. The maximum atomic E-state index is 12.3. The minimum Gasteiger partial charge on any atom is -0.459 e. The number of piperidine rings is 2. The van der Waals surface area contributed by atoms with Gasteiger partial charge in [-0.2, -0.15) is 0 Å². The van der Waals surface area contributed by atoms with Gasteiger partial charge >= 0.3 is 6.03 Å². The highest BCUT2D eigenvalue weighted by Crippen LogP contribution is 2.15. The summed E-state index contributed by atoms with van der Waals surface area (Å²) in [7, 11) is -3.24. The topological polar surface area (TPSA) is 112 Å². The van der Waals surface area contributed by atoms with Gasteiger partial charge in [0.2, 0.25) is 10.0 Å². The van der Waals surface area contributed by atoms with Crippen molar-refractivity contribution in [3.8, 4) is 0 Å². The van der Waals surface area contributed by atoms with Gasteiger partial charge < -0.3 is 20.0 Å². The highest BCUT2D eigenvalue weighted by atomic mass is 32.2. The zero-order valence-corrected chi connectivity index (χ0v) is 16.2. The van der Waals surface area contributed by atoms with Crippen LogP contribution in [0.2, 0.25) is 0 Å². The monoisotopic (exact) mass is 398 g/mol. The van der Waals surface area contributed by atoms with Crippen molar-refractivity contribution in [2.75, 3.05) is 32.4 Å². The Morgan fingerprint density at radius 3 is 2.44 bits per heavy atom. The van der Waals surface area contributed by atoms with Crippen LogP contribution in [-0.2, 0) is 10.0 Å². The average Bonchev–Trinajstić information content (AvgIpc) is 3.16. The molecule has 2 aliphatic heterocycles. The molecule has 0 spiro atoms. The Balaban J connectivity index is 1.42. The molecule has 2 N–H and O–H groups in total. The maximum absolute atomic E-state index is 12.3. The Kier molecular flexibility index (Phi) is 6.05. The van der Waals surface area contributed by atoms with Gasteiger partial charge in [-0.1, -0.05) is 0 Å². The van der Waals surface area contributed by atoms with E-state index in [0.717, 1.165) is 12.8 Å². The second-order valence-corrected chi connectivity index (χ2v) is 9.10. The smallest absolute Gasteiger partial charge is 0.315 e. The average molecular weight is 398 g/mol. The molecule has 0 radical (unpaired) electrons. The van der Waals surface area contributed by atoms with Crippen LogP contribution in [0.4, 0.5) is 4.79 Å². The molecule has 2 aliphatic rings. The van der Waals surface area contributed by atoms with Gasteiger partial charge in [-0.25, -0.2) is 17.5 Å². The second-order valence-electron chi connectivity index (χ2n) is 7.12. The molecule has 0 saturated carbocycles. The molecule has 0 aromatic carbocycles. The summed E-state index contributed by atoms with van der Waals surface area (Å²) in [5.41, 5.74) is 0. The minimum absolute atomic E-state index is 0.0137. The molecule has 0 aliphatic carbocycles. The molecular weight excluding hydrogens is 372 g/mol. The quantitative estimate of drug-likeness (QED) is 0.772. The summed E-state index contributed by atoms with van der Waals surface area (Å²) in [6.45, 7) is 1.91. The number of likely N-dealkylation sites (tertiary alicyclic amines) is 1. The number of urea groups is 1. The summed E-state index contributed by atoms with van der Waals surface area (Å²) in [5, 5.41) is 5.81. The van der Waals surface area contributed by atoms with Crippen molar-refractivity contribution >= 4 is 22.0 Å². The van der Waals surface area contributed by atoms with Crippen molar-refractivity contribution in [2.24, 2.45) is 0 Å². The lowest BCUT2D eigenvalue weighted by atomic mass is 10.0. The third-order valence-electron chi connectivity index (χ3n) is 5.04. The Bertz CT molecular complexity index is 756. The molecule has 1 aromatic rings. The summed E-state index contributed by atoms with van der Waals surface area (Å²) in [5.74, 6) is 0.192. The van der Waals surface area contributed by atoms with Crippen LogP contribution in [0.15, 0.2) is 22.8 Å². The fourth-order valence-electron chi connectivity index (χ4n) is 3.56. The van der Waals surface area contributed by atoms with E-state index < -0.39 is 10.0 Å². The number of carbonyl (C=O) groups excluding carboxylic acids is 2. The molecule has 1 atom stereocenters. The fraction of sp³-hybridized carbons (Fsp3) is 0.647. The summed E-state index contributed by atoms with van der Waals surface area (Å²) < 4.78 is 29.9. The maximum Gasteiger partial charge on any atom is 0.315 e. The van der Waals surface area contributed by atoms with Crippen LogP contribution in [0, 0.1) is 0 Å². The van der Waals surface area contributed by atoms with E-state index in [1.54, 1.807) is 17.0 Å². The number of hydrogen-bond acceptors (Lipinski definition) is 5.